The van der Waals surface area contributed by atoms with E-state index in [-0.39, 0.29) is 16.2 Å². The van der Waals surface area contributed by atoms with Gasteiger partial charge in [0.1, 0.15) is 0 Å². The number of nitrogens with two attached hydrogens (primary N) is 1. The van der Waals surface area contributed by atoms with Crippen molar-refractivity contribution >= 4 is 15.9 Å². The third-order valence-corrected chi connectivity index (χ3v) is 2.24. The number of hydrogen-bond donors (Lipinski definition) is 1. The lowest BCUT2D eigenvalue weighted by Gasteiger charge is -2.19. The van der Waals surface area contributed by atoms with Crippen molar-refractivity contribution in [2.45, 2.75) is 19.5 Å². The van der Waals surface area contributed by atoms with E-state index in [0.29, 0.717) is 0 Å². The number of rotatable bonds is 4. The smallest absolute Gasteiger partial charge is 0.264 e. The molecule has 0 saturated heterocycles. The van der Waals surface area contributed by atoms with Crippen molar-refractivity contribution in [1.82, 2.24) is 4.90 Å². The van der Waals surface area contributed by atoms with Crippen molar-refractivity contribution in [3.63, 3.8) is 0 Å². The van der Waals surface area contributed by atoms with E-state index in [1.807, 2.05) is 0 Å². The van der Waals surface area contributed by atoms with Crippen LogP contribution in [0.1, 0.15) is 6.92 Å². The molecular weight excluding hydrogens is 242 g/mol. The molecule has 0 rings (SSSR count). The minimum Gasteiger partial charge on any atom is -0.364 e. The van der Waals surface area contributed by atoms with Crippen LogP contribution in [0.15, 0.2) is 22.8 Å². The summed E-state index contributed by atoms with van der Waals surface area (Å²) < 4.78 is 24.5. The molecule has 2 nitrogen and oxygen atoms in total. The Morgan fingerprint density at radius 3 is 2.38 bits per heavy atom. The molecular formula is C8H13BrF2N2. The average molecular weight is 255 g/mol. The van der Waals surface area contributed by atoms with Crippen LogP contribution in [0.5, 0.6) is 0 Å². The summed E-state index contributed by atoms with van der Waals surface area (Å²) in [7, 11) is 1.70. The number of alkyl halides is 2. The molecule has 5 heteroatoms. The molecule has 76 valence electrons. The van der Waals surface area contributed by atoms with Crippen molar-refractivity contribution in [2.24, 2.45) is 5.73 Å². The zero-order valence-corrected chi connectivity index (χ0v) is 9.18. The maximum atomic E-state index is 12.1. The van der Waals surface area contributed by atoms with E-state index in [0.717, 1.165) is 0 Å². The van der Waals surface area contributed by atoms with Crippen molar-refractivity contribution in [2.75, 3.05) is 7.05 Å². The molecule has 0 aliphatic heterocycles. The van der Waals surface area contributed by atoms with Gasteiger partial charge in [-0.2, -0.15) is 0 Å². The van der Waals surface area contributed by atoms with Crippen LogP contribution in [-0.4, -0.2) is 24.5 Å². The minimum absolute atomic E-state index is 0.224. The van der Waals surface area contributed by atoms with Gasteiger partial charge in [-0.1, -0.05) is 6.58 Å². The van der Waals surface area contributed by atoms with E-state index in [9.17, 15) is 8.78 Å². The van der Waals surface area contributed by atoms with Crippen LogP contribution in [0.2, 0.25) is 0 Å². The second-order valence-corrected chi connectivity index (χ2v) is 3.56. The Morgan fingerprint density at radius 1 is 1.62 bits per heavy atom. The van der Waals surface area contributed by atoms with Crippen molar-refractivity contribution in [3.8, 4) is 0 Å². The summed E-state index contributed by atoms with van der Waals surface area (Å²) >= 11 is 3.00. The van der Waals surface area contributed by atoms with E-state index in [4.69, 9.17) is 5.73 Å². The first-order valence-electron chi connectivity index (χ1n) is 3.68. The van der Waals surface area contributed by atoms with Crippen LogP contribution in [-0.2, 0) is 0 Å². The molecule has 0 radical (unpaired) electrons. The molecule has 0 aliphatic rings. The van der Waals surface area contributed by atoms with Gasteiger partial charge in [0, 0.05) is 23.3 Å². The lowest BCUT2D eigenvalue weighted by molar-refractivity contribution is 0.194. The van der Waals surface area contributed by atoms with E-state index < -0.39 is 6.43 Å². The van der Waals surface area contributed by atoms with Gasteiger partial charge < -0.3 is 10.6 Å². The number of hydrogen-bond acceptors (Lipinski definition) is 2. The first-order chi connectivity index (χ1) is 5.86. The van der Waals surface area contributed by atoms with Gasteiger partial charge in [0.15, 0.2) is 0 Å². The lowest BCUT2D eigenvalue weighted by Crippen LogP contribution is -2.32. The Labute approximate surface area is 85.2 Å². The fraction of sp³-hybridized carbons (Fsp3) is 0.500. The second kappa shape index (κ2) is 5.34. The molecule has 0 saturated carbocycles. The number of nitrogens with zero attached hydrogens (tertiary/aromatic N) is 1. The first kappa shape index (κ1) is 12.6. The molecule has 1 unspecified atom stereocenters. The van der Waals surface area contributed by atoms with Gasteiger partial charge in [-0.3, -0.25) is 0 Å². The minimum atomic E-state index is -2.55. The molecule has 0 spiro atoms. The predicted octanol–water partition coefficient (Wildman–Crippen LogP) is 2.28. The fourth-order valence-corrected chi connectivity index (χ4v) is 0.980. The van der Waals surface area contributed by atoms with Gasteiger partial charge in [-0.05, 0) is 22.9 Å². The highest BCUT2D eigenvalue weighted by atomic mass is 79.9. The summed E-state index contributed by atoms with van der Waals surface area (Å²) in [5.74, 6) is 0. The Kier molecular flexibility index (Phi) is 5.17. The molecule has 0 aromatic carbocycles. The maximum Gasteiger partial charge on any atom is 0.264 e. The van der Waals surface area contributed by atoms with E-state index in [2.05, 4.69) is 22.5 Å². The van der Waals surface area contributed by atoms with E-state index in [1.165, 1.54) is 6.20 Å². The van der Waals surface area contributed by atoms with Gasteiger partial charge in [-0.25, -0.2) is 8.78 Å². The van der Waals surface area contributed by atoms with Gasteiger partial charge in [0.05, 0.1) is 6.17 Å². The quantitative estimate of drug-likeness (QED) is 0.616. The molecule has 13 heavy (non-hydrogen) atoms. The van der Waals surface area contributed by atoms with Crippen LogP contribution in [0.25, 0.3) is 0 Å². The summed E-state index contributed by atoms with van der Waals surface area (Å²) in [5.41, 5.74) is 5.26. The van der Waals surface area contributed by atoms with E-state index >= 15 is 0 Å². The Hall–Kier alpha value is -0.420. The first-order valence-corrected chi connectivity index (χ1v) is 4.47. The van der Waals surface area contributed by atoms with Crippen molar-refractivity contribution in [1.29, 1.82) is 0 Å². The molecule has 1 atom stereocenters. The monoisotopic (exact) mass is 254 g/mol. The zero-order valence-electron chi connectivity index (χ0n) is 7.60. The van der Waals surface area contributed by atoms with Gasteiger partial charge in [0.2, 0.25) is 0 Å². The van der Waals surface area contributed by atoms with Gasteiger partial charge in [0.25, 0.3) is 6.43 Å². The Balaban J connectivity index is 4.40. The van der Waals surface area contributed by atoms with Crippen LogP contribution >= 0.6 is 15.9 Å². The lowest BCUT2D eigenvalue weighted by atomic mass is 10.3. The number of halogens is 3. The van der Waals surface area contributed by atoms with Crippen LogP contribution in [0.4, 0.5) is 8.78 Å². The van der Waals surface area contributed by atoms with Crippen LogP contribution in [0, 0.1) is 0 Å². The largest absolute Gasteiger partial charge is 0.364 e. The molecule has 0 bridgehead atoms. The van der Waals surface area contributed by atoms with Crippen molar-refractivity contribution < 1.29 is 8.78 Å². The highest BCUT2D eigenvalue weighted by Crippen LogP contribution is 2.22. The SMILES string of the molecule is C=C(/C(Br)=C\N(C)C(C)N)C(F)F. The highest BCUT2D eigenvalue weighted by molar-refractivity contribution is 9.12. The Bertz CT molecular complexity index is 214. The topological polar surface area (TPSA) is 29.3 Å². The zero-order chi connectivity index (χ0) is 10.6. The van der Waals surface area contributed by atoms with Crippen LogP contribution < -0.4 is 5.73 Å². The van der Waals surface area contributed by atoms with Gasteiger partial charge in [-0.15, -0.1) is 0 Å². The van der Waals surface area contributed by atoms with E-state index in [1.54, 1.807) is 18.9 Å². The summed E-state index contributed by atoms with van der Waals surface area (Å²) in [4.78, 5) is 1.61. The molecule has 2 N–H and O–H groups in total. The normalized spacial score (nSPS) is 14.5. The average Bonchev–Trinajstić information content (AvgIpc) is 2.02. The predicted molar refractivity (Wildman–Crippen MR) is 53.6 cm³/mol. The standard InChI is InChI=1S/C8H13BrF2N2/c1-5(8(10)11)7(9)4-13(3)6(2)12/h4,6,8H,1,12H2,2-3H3/b7-4+. The third-order valence-electron chi connectivity index (χ3n) is 1.53. The summed E-state index contributed by atoms with van der Waals surface area (Å²) in [6.07, 6.45) is -1.29. The summed E-state index contributed by atoms with van der Waals surface area (Å²) in [6.45, 7) is 4.99. The fourth-order valence-electron chi connectivity index (χ4n) is 0.483. The molecule has 0 heterocycles. The van der Waals surface area contributed by atoms with Crippen LogP contribution in [0.3, 0.4) is 0 Å². The summed E-state index contributed by atoms with van der Waals surface area (Å²) in [6, 6.07) is 0. The maximum absolute atomic E-state index is 12.1. The molecule has 0 fully saturated rings. The molecule has 0 aromatic heterocycles. The Morgan fingerprint density at radius 2 is 2.08 bits per heavy atom. The number of allylic oxidation sites excluding steroid dienone is 2. The second-order valence-electron chi connectivity index (χ2n) is 2.71. The molecule has 0 aliphatic carbocycles. The third kappa shape index (κ3) is 4.38. The molecule has 0 amide bonds. The van der Waals surface area contributed by atoms with Gasteiger partial charge >= 0.3 is 0 Å². The van der Waals surface area contributed by atoms with Crippen molar-refractivity contribution in [3.05, 3.63) is 22.8 Å². The summed E-state index contributed by atoms with van der Waals surface area (Å²) in [5, 5.41) is 0. The highest BCUT2D eigenvalue weighted by Gasteiger charge is 2.12. The molecule has 0 aromatic rings.